The maximum atomic E-state index is 5.44. The Morgan fingerprint density at radius 1 is 1.36 bits per heavy atom. The largest absolute Gasteiger partial charge is 0.429 e. The summed E-state index contributed by atoms with van der Waals surface area (Å²) in [6.45, 7) is 1.86. The molecule has 0 saturated heterocycles. The van der Waals surface area contributed by atoms with E-state index in [0.29, 0.717) is 0 Å². The van der Waals surface area contributed by atoms with Crippen molar-refractivity contribution in [2.24, 2.45) is 0 Å². The molecule has 0 aliphatic carbocycles. The maximum absolute atomic E-state index is 5.44. The summed E-state index contributed by atoms with van der Waals surface area (Å²) in [5.74, 6) is 0.777. The molecular weight excluding hydrogens is 178 g/mol. The molecule has 0 aliphatic rings. The summed E-state index contributed by atoms with van der Waals surface area (Å²) in [5, 5.41) is 0. The molecule has 4 nitrogen and oxygen atoms in total. The van der Waals surface area contributed by atoms with Crippen molar-refractivity contribution in [3.8, 4) is 0 Å². The van der Waals surface area contributed by atoms with Crippen LogP contribution in [0.2, 0.25) is 0 Å². The van der Waals surface area contributed by atoms with Crippen LogP contribution in [0.3, 0.4) is 0 Å². The van der Waals surface area contributed by atoms with E-state index in [0.717, 1.165) is 23.4 Å². The lowest BCUT2D eigenvalue weighted by Gasteiger charge is -1.96. The molecule has 2 aromatic heterocycles. The highest BCUT2D eigenvalue weighted by molar-refractivity contribution is 5.25. The number of anilines is 1. The summed E-state index contributed by atoms with van der Waals surface area (Å²) in [4.78, 5) is 8.04. The van der Waals surface area contributed by atoms with Crippen molar-refractivity contribution in [3.05, 3.63) is 41.5 Å². The summed E-state index contributed by atoms with van der Waals surface area (Å²) >= 11 is 0. The van der Waals surface area contributed by atoms with Gasteiger partial charge >= 0.3 is 0 Å². The molecule has 2 rings (SSSR count). The monoisotopic (exact) mass is 189 g/mol. The molecule has 0 aromatic carbocycles. The van der Waals surface area contributed by atoms with Gasteiger partial charge in [-0.15, -0.1) is 0 Å². The van der Waals surface area contributed by atoms with Gasteiger partial charge in [0.1, 0.15) is 5.76 Å². The second-order valence-electron chi connectivity index (χ2n) is 3.09. The Morgan fingerprint density at radius 2 is 2.07 bits per heavy atom. The number of nitrogens with two attached hydrogens (primary N) is 1. The van der Waals surface area contributed by atoms with Crippen molar-refractivity contribution >= 4 is 6.01 Å². The Hall–Kier alpha value is -1.84. The zero-order valence-electron chi connectivity index (χ0n) is 7.90. The third-order valence-corrected chi connectivity index (χ3v) is 2.03. The molecule has 0 atom stereocenters. The molecule has 2 N–H and O–H groups in total. The minimum atomic E-state index is 0.228. The van der Waals surface area contributed by atoms with Gasteiger partial charge in [0, 0.05) is 18.8 Å². The number of hydrogen-bond acceptors (Lipinski definition) is 4. The first-order valence-corrected chi connectivity index (χ1v) is 4.36. The first-order chi connectivity index (χ1) is 6.75. The van der Waals surface area contributed by atoms with E-state index in [1.54, 1.807) is 12.4 Å². The van der Waals surface area contributed by atoms with E-state index in [-0.39, 0.29) is 6.01 Å². The summed E-state index contributed by atoms with van der Waals surface area (Å²) in [5.41, 5.74) is 7.48. The molecule has 0 radical (unpaired) electrons. The molecule has 0 unspecified atom stereocenters. The number of aryl methyl sites for hydroxylation is 1. The number of aromatic nitrogens is 2. The van der Waals surface area contributed by atoms with Crippen LogP contribution in [0.15, 0.2) is 28.9 Å². The smallest absolute Gasteiger partial charge is 0.292 e. The van der Waals surface area contributed by atoms with Crippen molar-refractivity contribution < 1.29 is 4.42 Å². The highest BCUT2D eigenvalue weighted by Gasteiger charge is 2.07. The molecule has 0 spiro atoms. The number of hydrogen-bond donors (Lipinski definition) is 1. The minimum Gasteiger partial charge on any atom is -0.429 e. The standard InChI is InChI=1S/C10H11N3O/c1-7-9(13-10(11)14-7)6-8-2-4-12-5-3-8/h2-5H,6H2,1H3,(H2,11,13). The van der Waals surface area contributed by atoms with E-state index in [4.69, 9.17) is 10.2 Å². The lowest BCUT2D eigenvalue weighted by molar-refractivity contribution is 0.545. The average molecular weight is 189 g/mol. The number of nitrogen functional groups attached to an aromatic ring is 1. The Labute approximate surface area is 81.8 Å². The van der Waals surface area contributed by atoms with Crippen LogP contribution in [-0.4, -0.2) is 9.97 Å². The van der Waals surface area contributed by atoms with E-state index >= 15 is 0 Å². The fourth-order valence-corrected chi connectivity index (χ4v) is 1.31. The van der Waals surface area contributed by atoms with Crippen molar-refractivity contribution in [1.82, 2.24) is 9.97 Å². The Balaban J connectivity index is 2.23. The SMILES string of the molecule is Cc1oc(N)nc1Cc1ccncc1. The van der Waals surface area contributed by atoms with E-state index in [1.807, 2.05) is 19.1 Å². The Morgan fingerprint density at radius 3 is 2.64 bits per heavy atom. The normalized spacial score (nSPS) is 10.4. The highest BCUT2D eigenvalue weighted by atomic mass is 16.4. The summed E-state index contributed by atoms with van der Waals surface area (Å²) in [6, 6.07) is 4.13. The van der Waals surface area contributed by atoms with E-state index in [9.17, 15) is 0 Å². The van der Waals surface area contributed by atoms with Crippen LogP contribution in [-0.2, 0) is 6.42 Å². The summed E-state index contributed by atoms with van der Waals surface area (Å²) in [7, 11) is 0. The number of rotatable bonds is 2. The quantitative estimate of drug-likeness (QED) is 0.778. The van der Waals surface area contributed by atoms with Gasteiger partial charge in [-0.05, 0) is 24.6 Å². The van der Waals surface area contributed by atoms with Gasteiger partial charge in [0.15, 0.2) is 0 Å². The second kappa shape index (κ2) is 3.49. The molecule has 0 bridgehead atoms. The molecule has 0 fully saturated rings. The van der Waals surface area contributed by atoms with Gasteiger partial charge in [0.25, 0.3) is 6.01 Å². The molecule has 2 aromatic rings. The predicted octanol–water partition coefficient (Wildman–Crippen LogP) is 1.55. The van der Waals surface area contributed by atoms with Gasteiger partial charge in [0.2, 0.25) is 0 Å². The first-order valence-electron chi connectivity index (χ1n) is 4.36. The summed E-state index contributed by atoms with van der Waals surface area (Å²) < 4.78 is 5.14. The average Bonchev–Trinajstić information content (AvgIpc) is 2.47. The predicted molar refractivity (Wildman–Crippen MR) is 52.7 cm³/mol. The zero-order valence-corrected chi connectivity index (χ0v) is 7.90. The van der Waals surface area contributed by atoms with Crippen LogP contribution in [0.1, 0.15) is 17.0 Å². The van der Waals surface area contributed by atoms with Crippen molar-refractivity contribution in [2.45, 2.75) is 13.3 Å². The van der Waals surface area contributed by atoms with Gasteiger partial charge in [-0.25, -0.2) is 0 Å². The number of nitrogens with zero attached hydrogens (tertiary/aromatic N) is 2. The topological polar surface area (TPSA) is 64.9 Å². The van der Waals surface area contributed by atoms with Gasteiger partial charge in [-0.2, -0.15) is 4.98 Å². The van der Waals surface area contributed by atoms with Crippen LogP contribution in [0.25, 0.3) is 0 Å². The molecule has 72 valence electrons. The molecule has 0 amide bonds. The van der Waals surface area contributed by atoms with Crippen molar-refractivity contribution in [1.29, 1.82) is 0 Å². The summed E-state index contributed by atoms with van der Waals surface area (Å²) in [6.07, 6.45) is 4.25. The lowest BCUT2D eigenvalue weighted by Crippen LogP contribution is -1.91. The molecule has 14 heavy (non-hydrogen) atoms. The fraction of sp³-hybridized carbons (Fsp3) is 0.200. The number of oxazole rings is 1. The second-order valence-corrected chi connectivity index (χ2v) is 3.09. The maximum Gasteiger partial charge on any atom is 0.292 e. The van der Waals surface area contributed by atoms with Crippen LogP contribution >= 0.6 is 0 Å². The highest BCUT2D eigenvalue weighted by Crippen LogP contribution is 2.14. The lowest BCUT2D eigenvalue weighted by atomic mass is 10.1. The molecule has 2 heterocycles. The van der Waals surface area contributed by atoms with Gasteiger partial charge < -0.3 is 10.2 Å². The third kappa shape index (κ3) is 1.74. The molecule has 0 aliphatic heterocycles. The van der Waals surface area contributed by atoms with E-state index in [2.05, 4.69) is 9.97 Å². The van der Waals surface area contributed by atoms with Crippen LogP contribution in [0.4, 0.5) is 6.01 Å². The van der Waals surface area contributed by atoms with Crippen LogP contribution < -0.4 is 5.73 Å². The van der Waals surface area contributed by atoms with E-state index in [1.165, 1.54) is 0 Å². The van der Waals surface area contributed by atoms with Gasteiger partial charge in [-0.3, -0.25) is 4.98 Å². The van der Waals surface area contributed by atoms with Crippen molar-refractivity contribution in [3.63, 3.8) is 0 Å². The van der Waals surface area contributed by atoms with Crippen molar-refractivity contribution in [2.75, 3.05) is 5.73 Å². The zero-order chi connectivity index (χ0) is 9.97. The van der Waals surface area contributed by atoms with Crippen LogP contribution in [0, 0.1) is 6.92 Å². The van der Waals surface area contributed by atoms with E-state index < -0.39 is 0 Å². The Kier molecular flexibility index (Phi) is 2.18. The first kappa shape index (κ1) is 8.74. The van der Waals surface area contributed by atoms with Crippen LogP contribution in [0.5, 0.6) is 0 Å². The fourth-order valence-electron chi connectivity index (χ4n) is 1.31. The molecule has 4 heteroatoms. The molecular formula is C10H11N3O. The van der Waals surface area contributed by atoms with Gasteiger partial charge in [0.05, 0.1) is 5.69 Å². The minimum absolute atomic E-state index is 0.228. The molecule has 0 saturated carbocycles. The third-order valence-electron chi connectivity index (χ3n) is 2.03. The number of pyridine rings is 1. The Bertz CT molecular complexity index is 422. The van der Waals surface area contributed by atoms with Gasteiger partial charge in [-0.1, -0.05) is 0 Å².